The van der Waals surface area contributed by atoms with Crippen molar-refractivity contribution in [2.75, 3.05) is 28.6 Å². The second-order valence-electron chi connectivity index (χ2n) is 7.29. The molecule has 1 aliphatic heterocycles. The zero-order valence-corrected chi connectivity index (χ0v) is 16.9. The fourth-order valence-electron chi connectivity index (χ4n) is 3.57. The van der Waals surface area contributed by atoms with E-state index < -0.39 is 11.8 Å². The van der Waals surface area contributed by atoms with Crippen molar-refractivity contribution >= 4 is 45.7 Å². The van der Waals surface area contributed by atoms with Crippen LogP contribution in [0.1, 0.15) is 24.8 Å². The van der Waals surface area contributed by atoms with E-state index in [4.69, 9.17) is 11.6 Å². The van der Waals surface area contributed by atoms with Gasteiger partial charge in [-0.1, -0.05) is 17.7 Å². The van der Waals surface area contributed by atoms with Gasteiger partial charge in [0.25, 0.3) is 0 Å². The number of halogens is 2. The maximum absolute atomic E-state index is 14.7. The molecule has 7 heteroatoms. The number of anilines is 3. The molecule has 1 fully saturated rings. The highest BCUT2D eigenvalue weighted by atomic mass is 35.5. The van der Waals surface area contributed by atoms with Crippen molar-refractivity contribution < 1.29 is 9.18 Å². The molecular formula is C22H22ClFN4O. The molecular weight excluding hydrogens is 391 g/mol. The second-order valence-corrected chi connectivity index (χ2v) is 7.72. The first-order chi connectivity index (χ1) is 14.0. The number of hydrogen-bond donors (Lipinski definition) is 2. The van der Waals surface area contributed by atoms with Crippen LogP contribution >= 0.6 is 11.6 Å². The monoisotopic (exact) mass is 412 g/mol. The minimum absolute atomic E-state index is 0.310. The summed E-state index contributed by atoms with van der Waals surface area (Å²) in [6.07, 6.45) is 3.49. The van der Waals surface area contributed by atoms with E-state index in [9.17, 15) is 9.18 Å². The van der Waals surface area contributed by atoms with Crippen molar-refractivity contribution in [3.63, 3.8) is 0 Å². The third kappa shape index (κ3) is 4.43. The first kappa shape index (κ1) is 19.5. The SMILES string of the molecule is Cc1ccc(Cl)cc1NC(=O)Nc1cc(F)c2nc(N3CCCCC3)ccc2c1. The van der Waals surface area contributed by atoms with Crippen LogP contribution in [0.15, 0.2) is 42.5 Å². The number of amides is 2. The lowest BCUT2D eigenvalue weighted by atomic mass is 10.1. The standard InChI is InChI=1S/C22H22ClFN4O/c1-14-5-7-16(23)12-19(14)26-22(29)25-17-11-15-6-8-20(27-21(15)18(24)13-17)28-9-3-2-4-10-28/h5-8,11-13H,2-4,9-10H2,1H3,(H2,25,26,29). The van der Waals surface area contributed by atoms with Gasteiger partial charge in [0.05, 0.1) is 0 Å². The summed E-state index contributed by atoms with van der Waals surface area (Å²) >= 11 is 5.98. The molecule has 0 atom stereocenters. The Morgan fingerprint density at radius 2 is 1.86 bits per heavy atom. The van der Waals surface area contributed by atoms with Crippen molar-refractivity contribution in [3.8, 4) is 0 Å². The number of nitrogens with one attached hydrogen (secondary N) is 2. The van der Waals surface area contributed by atoms with Crippen LogP contribution in [0.3, 0.4) is 0 Å². The van der Waals surface area contributed by atoms with Gasteiger partial charge in [-0.3, -0.25) is 0 Å². The number of carbonyl (C=O) groups excluding carboxylic acids is 1. The third-order valence-electron chi connectivity index (χ3n) is 5.12. The smallest absolute Gasteiger partial charge is 0.323 e. The molecule has 4 rings (SSSR count). The van der Waals surface area contributed by atoms with Crippen LogP contribution < -0.4 is 15.5 Å². The van der Waals surface area contributed by atoms with Gasteiger partial charge in [0.2, 0.25) is 0 Å². The van der Waals surface area contributed by atoms with Gasteiger partial charge < -0.3 is 15.5 Å². The number of aromatic nitrogens is 1. The summed E-state index contributed by atoms with van der Waals surface area (Å²) in [6.45, 7) is 3.76. The van der Waals surface area contributed by atoms with Gasteiger partial charge in [-0.05, 0) is 68.1 Å². The number of urea groups is 1. The van der Waals surface area contributed by atoms with Crippen LogP contribution in [-0.2, 0) is 0 Å². The lowest BCUT2D eigenvalue weighted by molar-refractivity contribution is 0.262. The van der Waals surface area contributed by atoms with Crippen LogP contribution in [0.4, 0.5) is 26.4 Å². The zero-order chi connectivity index (χ0) is 20.4. The van der Waals surface area contributed by atoms with Gasteiger partial charge >= 0.3 is 6.03 Å². The quantitative estimate of drug-likeness (QED) is 0.557. The normalized spacial score (nSPS) is 14.1. The minimum Gasteiger partial charge on any atom is -0.357 e. The van der Waals surface area contributed by atoms with Gasteiger partial charge in [-0.15, -0.1) is 0 Å². The Labute approximate surface area is 173 Å². The van der Waals surface area contributed by atoms with E-state index in [1.807, 2.05) is 25.1 Å². The highest BCUT2D eigenvalue weighted by Gasteiger charge is 2.15. The molecule has 1 saturated heterocycles. The first-order valence-corrected chi connectivity index (χ1v) is 10.1. The number of carbonyl (C=O) groups is 1. The first-order valence-electron chi connectivity index (χ1n) is 9.69. The van der Waals surface area contributed by atoms with Crippen molar-refractivity contribution in [2.45, 2.75) is 26.2 Å². The topological polar surface area (TPSA) is 57.3 Å². The molecule has 1 aliphatic rings. The Morgan fingerprint density at radius 3 is 2.66 bits per heavy atom. The van der Waals surface area contributed by atoms with Crippen molar-refractivity contribution in [3.05, 3.63) is 58.9 Å². The van der Waals surface area contributed by atoms with Gasteiger partial charge in [0.1, 0.15) is 11.3 Å². The zero-order valence-electron chi connectivity index (χ0n) is 16.1. The largest absolute Gasteiger partial charge is 0.357 e. The molecule has 0 spiro atoms. The van der Waals surface area contributed by atoms with Crippen LogP contribution in [-0.4, -0.2) is 24.1 Å². The molecule has 2 N–H and O–H groups in total. The minimum atomic E-state index is -0.466. The number of rotatable bonds is 3. The van der Waals surface area contributed by atoms with Gasteiger partial charge in [0, 0.05) is 34.9 Å². The highest BCUT2D eigenvalue weighted by Crippen LogP contribution is 2.26. The number of aryl methyl sites for hydroxylation is 1. The summed E-state index contributed by atoms with van der Waals surface area (Å²) in [7, 11) is 0. The molecule has 5 nitrogen and oxygen atoms in total. The molecule has 0 unspecified atom stereocenters. The molecule has 2 aromatic carbocycles. The summed E-state index contributed by atoms with van der Waals surface area (Å²) in [4.78, 5) is 19.0. The number of benzene rings is 2. The lowest BCUT2D eigenvalue weighted by Gasteiger charge is -2.27. The predicted octanol–water partition coefficient (Wildman–Crippen LogP) is 5.97. The van der Waals surface area contributed by atoms with Crippen molar-refractivity contribution in [1.82, 2.24) is 4.98 Å². The Bertz CT molecular complexity index is 1070. The fourth-order valence-corrected chi connectivity index (χ4v) is 3.74. The van der Waals surface area contributed by atoms with Crippen LogP contribution in [0.2, 0.25) is 5.02 Å². The molecule has 0 saturated carbocycles. The average molecular weight is 413 g/mol. The summed E-state index contributed by atoms with van der Waals surface area (Å²) in [5.74, 6) is 0.335. The van der Waals surface area contributed by atoms with Gasteiger partial charge in [-0.2, -0.15) is 0 Å². The molecule has 3 aromatic rings. The van der Waals surface area contributed by atoms with E-state index in [1.165, 1.54) is 12.5 Å². The van der Waals surface area contributed by atoms with E-state index in [0.29, 0.717) is 27.3 Å². The second kappa shape index (κ2) is 8.25. The van der Waals surface area contributed by atoms with Crippen molar-refractivity contribution in [2.24, 2.45) is 0 Å². The van der Waals surface area contributed by atoms with E-state index in [0.717, 1.165) is 37.3 Å². The molecule has 29 heavy (non-hydrogen) atoms. The number of piperidine rings is 1. The summed E-state index contributed by atoms with van der Waals surface area (Å²) in [5, 5.41) is 6.58. The van der Waals surface area contributed by atoms with E-state index in [-0.39, 0.29) is 0 Å². The molecule has 2 heterocycles. The van der Waals surface area contributed by atoms with Gasteiger partial charge in [-0.25, -0.2) is 14.2 Å². The number of nitrogens with zero attached hydrogens (tertiary/aromatic N) is 2. The van der Waals surface area contributed by atoms with Gasteiger partial charge in [0.15, 0.2) is 5.82 Å². The van der Waals surface area contributed by atoms with E-state index in [2.05, 4.69) is 20.5 Å². The summed E-state index contributed by atoms with van der Waals surface area (Å²) < 4.78 is 14.7. The lowest BCUT2D eigenvalue weighted by Crippen LogP contribution is -2.30. The average Bonchev–Trinajstić information content (AvgIpc) is 2.71. The summed E-state index contributed by atoms with van der Waals surface area (Å²) in [5.41, 5.74) is 2.15. The number of pyridine rings is 1. The highest BCUT2D eigenvalue weighted by molar-refractivity contribution is 6.31. The summed E-state index contributed by atoms with van der Waals surface area (Å²) in [6, 6.07) is 11.5. The van der Waals surface area contributed by atoms with Crippen LogP contribution in [0.25, 0.3) is 10.9 Å². The molecule has 2 amide bonds. The molecule has 0 bridgehead atoms. The Kier molecular flexibility index (Phi) is 5.53. The van der Waals surface area contributed by atoms with Crippen LogP contribution in [0.5, 0.6) is 0 Å². The molecule has 150 valence electrons. The number of fused-ring (bicyclic) bond motifs is 1. The van der Waals surface area contributed by atoms with Crippen LogP contribution in [0, 0.1) is 12.7 Å². The molecule has 1 aromatic heterocycles. The maximum Gasteiger partial charge on any atom is 0.323 e. The fraction of sp³-hybridized carbons (Fsp3) is 0.273. The number of hydrogen-bond acceptors (Lipinski definition) is 3. The Morgan fingerprint density at radius 1 is 1.07 bits per heavy atom. The predicted molar refractivity (Wildman–Crippen MR) is 117 cm³/mol. The van der Waals surface area contributed by atoms with Crippen molar-refractivity contribution in [1.29, 1.82) is 0 Å². The Balaban J connectivity index is 1.53. The third-order valence-corrected chi connectivity index (χ3v) is 5.35. The maximum atomic E-state index is 14.7. The van der Waals surface area contributed by atoms with E-state index in [1.54, 1.807) is 18.2 Å². The molecule has 0 aliphatic carbocycles. The molecule has 0 radical (unpaired) electrons. The Hall–Kier alpha value is -2.86. The van der Waals surface area contributed by atoms with E-state index >= 15 is 0 Å².